The normalized spacial score (nSPS) is 16.8. The summed E-state index contributed by atoms with van der Waals surface area (Å²) in [5.41, 5.74) is 3.42. The molecule has 1 aliphatic rings. The number of benzene rings is 2. The average molecular weight is 436 g/mol. The lowest BCUT2D eigenvalue weighted by molar-refractivity contribution is -0.119. The molecule has 0 radical (unpaired) electrons. The van der Waals surface area contributed by atoms with E-state index in [9.17, 15) is 4.79 Å². The monoisotopic (exact) mass is 435 g/mol. The van der Waals surface area contributed by atoms with Gasteiger partial charge in [-0.15, -0.1) is 10.2 Å². The molecule has 2 aromatic heterocycles. The molecule has 4 aromatic rings. The summed E-state index contributed by atoms with van der Waals surface area (Å²) in [4.78, 5) is 16.9. The number of fused-ring (bicyclic) bond motifs is 1. The Morgan fingerprint density at radius 3 is 2.70 bits per heavy atom. The summed E-state index contributed by atoms with van der Waals surface area (Å²) in [6.07, 6.45) is 3.53. The van der Waals surface area contributed by atoms with Crippen LogP contribution >= 0.6 is 23.4 Å². The van der Waals surface area contributed by atoms with Gasteiger partial charge >= 0.3 is 0 Å². The van der Waals surface area contributed by atoms with E-state index in [1.807, 2.05) is 54.6 Å². The number of aromatic nitrogens is 3. The molecule has 1 aliphatic carbocycles. The SMILES string of the molecule is O=C1CCCC[C@@H]1Sc1nnc(-c2cc(-c3ccc(Cl)cc3)nc3ccccc23)o1. The zero-order valence-electron chi connectivity index (χ0n) is 16.0. The molecule has 0 N–H and O–H groups in total. The molecule has 7 heteroatoms. The Bertz CT molecular complexity index is 1220. The summed E-state index contributed by atoms with van der Waals surface area (Å²) < 4.78 is 5.98. The van der Waals surface area contributed by atoms with Gasteiger partial charge in [-0.3, -0.25) is 4.79 Å². The Hall–Kier alpha value is -2.70. The van der Waals surface area contributed by atoms with Crippen molar-refractivity contribution in [3.63, 3.8) is 0 Å². The molecule has 0 saturated heterocycles. The number of pyridine rings is 1. The number of nitrogens with zero attached hydrogens (tertiary/aromatic N) is 3. The smallest absolute Gasteiger partial charge is 0.277 e. The van der Waals surface area contributed by atoms with Crippen LogP contribution < -0.4 is 0 Å². The largest absolute Gasteiger partial charge is 0.411 e. The lowest BCUT2D eigenvalue weighted by atomic mass is 9.99. The number of thioether (sulfide) groups is 1. The van der Waals surface area contributed by atoms with Gasteiger partial charge in [0.15, 0.2) is 0 Å². The molecule has 30 heavy (non-hydrogen) atoms. The second-order valence-electron chi connectivity index (χ2n) is 7.27. The minimum Gasteiger partial charge on any atom is -0.411 e. The van der Waals surface area contributed by atoms with Gasteiger partial charge < -0.3 is 4.42 Å². The summed E-state index contributed by atoms with van der Waals surface area (Å²) in [6.45, 7) is 0. The molecule has 2 aromatic carbocycles. The molecule has 2 heterocycles. The molecule has 1 saturated carbocycles. The maximum Gasteiger partial charge on any atom is 0.277 e. The molecule has 1 fully saturated rings. The third-order valence-corrected chi connectivity index (χ3v) is 6.64. The minimum atomic E-state index is -0.0918. The minimum absolute atomic E-state index is 0.0918. The predicted octanol–water partition coefficient (Wildman–Crippen LogP) is 6.21. The number of Topliss-reactive ketones (excluding diaryl/α,β-unsaturated/α-hetero) is 1. The summed E-state index contributed by atoms with van der Waals surface area (Å²) in [6, 6.07) is 17.4. The Kier molecular flexibility index (Phi) is 5.27. The van der Waals surface area contributed by atoms with Crippen LogP contribution in [0.4, 0.5) is 0 Å². The Morgan fingerprint density at radius 1 is 1.03 bits per heavy atom. The van der Waals surface area contributed by atoms with Crippen LogP contribution in [0, 0.1) is 0 Å². The lowest BCUT2D eigenvalue weighted by Gasteiger charge is -2.17. The van der Waals surface area contributed by atoms with E-state index in [0.717, 1.165) is 47.0 Å². The van der Waals surface area contributed by atoms with Gasteiger partial charge in [0.2, 0.25) is 5.89 Å². The molecule has 5 nitrogen and oxygen atoms in total. The first-order chi connectivity index (χ1) is 14.7. The van der Waals surface area contributed by atoms with Crippen LogP contribution in [0.25, 0.3) is 33.6 Å². The fourth-order valence-electron chi connectivity index (χ4n) is 3.68. The maximum absolute atomic E-state index is 12.1. The Balaban J connectivity index is 1.54. The van der Waals surface area contributed by atoms with Crippen LogP contribution in [0.1, 0.15) is 25.7 Å². The summed E-state index contributed by atoms with van der Waals surface area (Å²) in [5.74, 6) is 0.694. The molecular weight excluding hydrogens is 418 g/mol. The van der Waals surface area contributed by atoms with Crippen molar-refractivity contribution in [2.45, 2.75) is 36.2 Å². The van der Waals surface area contributed by atoms with Crippen molar-refractivity contribution in [1.29, 1.82) is 0 Å². The Labute approximate surface area is 182 Å². The van der Waals surface area contributed by atoms with Crippen molar-refractivity contribution >= 4 is 40.0 Å². The quantitative estimate of drug-likeness (QED) is 0.379. The lowest BCUT2D eigenvalue weighted by Crippen LogP contribution is -2.21. The number of carbonyl (C=O) groups excluding carboxylic acids is 1. The highest BCUT2D eigenvalue weighted by Gasteiger charge is 2.26. The van der Waals surface area contributed by atoms with Gasteiger partial charge in [0, 0.05) is 22.4 Å². The topological polar surface area (TPSA) is 68.9 Å². The third kappa shape index (κ3) is 3.85. The highest BCUT2D eigenvalue weighted by molar-refractivity contribution is 8.00. The zero-order chi connectivity index (χ0) is 20.5. The fraction of sp³-hybridized carbons (Fsp3) is 0.217. The number of hydrogen-bond donors (Lipinski definition) is 0. The van der Waals surface area contributed by atoms with Gasteiger partial charge in [-0.05, 0) is 37.1 Å². The van der Waals surface area contributed by atoms with Gasteiger partial charge in [0.25, 0.3) is 5.22 Å². The molecule has 0 unspecified atom stereocenters. The van der Waals surface area contributed by atoms with Crippen molar-refractivity contribution in [3.05, 3.63) is 59.6 Å². The first-order valence-corrected chi connectivity index (χ1v) is 11.1. The number of ketones is 1. The van der Waals surface area contributed by atoms with Gasteiger partial charge in [-0.2, -0.15) is 0 Å². The van der Waals surface area contributed by atoms with Crippen molar-refractivity contribution < 1.29 is 9.21 Å². The first kappa shape index (κ1) is 19.3. The van der Waals surface area contributed by atoms with Crippen LogP contribution in [0.3, 0.4) is 0 Å². The predicted molar refractivity (Wildman–Crippen MR) is 119 cm³/mol. The van der Waals surface area contributed by atoms with Crippen LogP contribution in [0.15, 0.2) is 64.2 Å². The van der Waals surface area contributed by atoms with Gasteiger partial charge in [-0.25, -0.2) is 4.98 Å². The highest BCUT2D eigenvalue weighted by atomic mass is 35.5. The molecule has 0 bridgehead atoms. The van der Waals surface area contributed by atoms with E-state index in [0.29, 0.717) is 22.6 Å². The van der Waals surface area contributed by atoms with E-state index in [1.54, 1.807) is 0 Å². The summed E-state index contributed by atoms with van der Waals surface area (Å²) >= 11 is 7.41. The molecule has 1 atom stereocenters. The number of carbonyl (C=O) groups is 1. The second-order valence-corrected chi connectivity index (χ2v) is 8.86. The molecule has 150 valence electrons. The van der Waals surface area contributed by atoms with Gasteiger partial charge in [0.05, 0.1) is 22.0 Å². The van der Waals surface area contributed by atoms with E-state index in [-0.39, 0.29) is 11.0 Å². The van der Waals surface area contributed by atoms with Gasteiger partial charge in [0.1, 0.15) is 5.78 Å². The second kappa shape index (κ2) is 8.20. The van der Waals surface area contributed by atoms with Crippen LogP contribution in [-0.2, 0) is 4.79 Å². The van der Waals surface area contributed by atoms with E-state index in [1.165, 1.54) is 11.8 Å². The summed E-state index contributed by atoms with van der Waals surface area (Å²) in [5, 5.41) is 10.4. The molecule has 5 rings (SSSR count). The molecule has 0 spiro atoms. The van der Waals surface area contributed by atoms with Crippen LogP contribution in [-0.4, -0.2) is 26.2 Å². The number of halogens is 1. The Morgan fingerprint density at radius 2 is 1.87 bits per heavy atom. The summed E-state index contributed by atoms with van der Waals surface area (Å²) in [7, 11) is 0. The highest BCUT2D eigenvalue weighted by Crippen LogP contribution is 2.35. The number of para-hydroxylation sites is 1. The van der Waals surface area contributed by atoms with E-state index in [2.05, 4.69) is 10.2 Å². The third-order valence-electron chi connectivity index (χ3n) is 5.23. The average Bonchev–Trinajstić information content (AvgIpc) is 3.23. The first-order valence-electron chi connectivity index (χ1n) is 9.86. The standard InChI is InChI=1S/C23H18ClN3O2S/c24-15-11-9-14(10-12-15)19-13-17(16-5-1-2-6-18(16)25-19)22-26-27-23(29-22)30-21-8-4-3-7-20(21)28/h1-2,5-6,9-13,21H,3-4,7-8H2/t21-/m0/s1. The fourth-order valence-corrected chi connectivity index (χ4v) is 4.80. The van der Waals surface area contributed by atoms with E-state index >= 15 is 0 Å². The van der Waals surface area contributed by atoms with Crippen molar-refractivity contribution in [1.82, 2.24) is 15.2 Å². The van der Waals surface area contributed by atoms with Crippen LogP contribution in [0.2, 0.25) is 5.02 Å². The maximum atomic E-state index is 12.1. The molecule has 0 amide bonds. The van der Waals surface area contributed by atoms with E-state index < -0.39 is 0 Å². The van der Waals surface area contributed by atoms with E-state index in [4.69, 9.17) is 21.0 Å². The number of rotatable bonds is 4. The zero-order valence-corrected chi connectivity index (χ0v) is 17.6. The molecular formula is C23H18ClN3O2S. The van der Waals surface area contributed by atoms with Crippen molar-refractivity contribution in [2.75, 3.05) is 0 Å². The number of hydrogen-bond acceptors (Lipinski definition) is 6. The molecule has 0 aliphatic heterocycles. The van der Waals surface area contributed by atoms with Crippen molar-refractivity contribution in [2.24, 2.45) is 0 Å². The van der Waals surface area contributed by atoms with Crippen LogP contribution in [0.5, 0.6) is 0 Å². The van der Waals surface area contributed by atoms with Gasteiger partial charge in [-0.1, -0.05) is 60.1 Å². The van der Waals surface area contributed by atoms with Crippen molar-refractivity contribution in [3.8, 4) is 22.7 Å².